The molecule has 0 spiro atoms. The Balaban J connectivity index is 2.35. The number of hydrogen-bond acceptors (Lipinski definition) is 2. The third kappa shape index (κ3) is 1.29. The topological polar surface area (TPSA) is 17.1 Å². The maximum Gasteiger partial charge on any atom is 0.170 e. The van der Waals surface area contributed by atoms with E-state index in [0.717, 1.165) is 6.42 Å². The number of allylic oxidation sites excluding steroid dienone is 1. The van der Waals surface area contributed by atoms with Gasteiger partial charge in [-0.25, -0.2) is 0 Å². The van der Waals surface area contributed by atoms with Crippen LogP contribution in [0.15, 0.2) is 11.5 Å². The summed E-state index contributed by atoms with van der Waals surface area (Å²) in [6.45, 7) is 0. The van der Waals surface area contributed by atoms with Crippen LogP contribution < -0.4 is 0 Å². The van der Waals surface area contributed by atoms with Crippen molar-refractivity contribution in [3.05, 3.63) is 11.5 Å². The lowest BCUT2D eigenvalue weighted by molar-refractivity contribution is 0.597. The van der Waals surface area contributed by atoms with Crippen molar-refractivity contribution >= 4 is 20.2 Å². The fraction of sp³-hybridized carbons (Fsp3) is 0.500. The minimum atomic E-state index is 0.272. The molecule has 0 bridgehead atoms. The Kier molecular flexibility index (Phi) is 1.89. The predicted molar refractivity (Wildman–Crippen MR) is 32.7 cm³/mol. The van der Waals surface area contributed by atoms with Crippen molar-refractivity contribution in [3.8, 4) is 0 Å². The van der Waals surface area contributed by atoms with Crippen molar-refractivity contribution in [3.63, 3.8) is 0 Å². The van der Waals surface area contributed by atoms with Crippen LogP contribution in [0.3, 0.4) is 0 Å². The number of thioether (sulfide) groups is 1. The molecule has 38 valence electrons. The van der Waals surface area contributed by atoms with Crippen LogP contribution in [0.4, 0.5) is 0 Å². The van der Waals surface area contributed by atoms with E-state index in [1.807, 2.05) is 11.5 Å². The van der Waals surface area contributed by atoms with Gasteiger partial charge in [0.15, 0.2) is 8.46 Å². The van der Waals surface area contributed by atoms with Gasteiger partial charge in [0.1, 0.15) is 0 Å². The summed E-state index contributed by atoms with van der Waals surface area (Å²) < 4.78 is 10.0. The Bertz CT molecular complexity index is 93.9. The molecule has 0 radical (unpaired) electrons. The Morgan fingerprint density at radius 3 is 3.00 bits per heavy atom. The van der Waals surface area contributed by atoms with Crippen LogP contribution in [0.1, 0.15) is 6.42 Å². The molecule has 0 aromatic heterocycles. The molecule has 0 saturated carbocycles. The van der Waals surface area contributed by atoms with Crippen molar-refractivity contribution < 1.29 is 4.57 Å². The third-order valence-electron chi connectivity index (χ3n) is 0.787. The summed E-state index contributed by atoms with van der Waals surface area (Å²) in [5.74, 6) is 0. The molecule has 0 saturated heterocycles. The van der Waals surface area contributed by atoms with Gasteiger partial charge in [0.25, 0.3) is 0 Å². The van der Waals surface area contributed by atoms with Gasteiger partial charge < -0.3 is 0 Å². The quantitative estimate of drug-likeness (QED) is 0.509. The Morgan fingerprint density at radius 2 is 2.71 bits per heavy atom. The summed E-state index contributed by atoms with van der Waals surface area (Å²) in [4.78, 5) is 0.319. The number of rotatable bonds is 1. The summed E-state index contributed by atoms with van der Waals surface area (Å²) in [5.41, 5.74) is 0. The largest absolute Gasteiger partial charge is 0.274 e. The molecule has 0 aliphatic carbocycles. The Hall–Kier alpha value is 0.190. The van der Waals surface area contributed by atoms with Crippen LogP contribution in [-0.4, -0.2) is 4.99 Å². The van der Waals surface area contributed by atoms with E-state index in [4.69, 9.17) is 0 Å². The maximum absolute atomic E-state index is 10.0. The van der Waals surface area contributed by atoms with Gasteiger partial charge in [0.2, 0.25) is 0 Å². The van der Waals surface area contributed by atoms with Crippen molar-refractivity contribution in [1.29, 1.82) is 0 Å². The van der Waals surface area contributed by atoms with Crippen molar-refractivity contribution in [2.24, 2.45) is 0 Å². The van der Waals surface area contributed by atoms with E-state index in [2.05, 4.69) is 0 Å². The fourth-order valence-electron chi connectivity index (χ4n) is 0.442. The predicted octanol–water partition coefficient (Wildman–Crippen LogP) is 2.25. The first kappa shape index (κ1) is 5.33. The molecule has 1 aliphatic heterocycles. The summed E-state index contributed by atoms with van der Waals surface area (Å²) in [5, 5.41) is 2.00. The highest BCUT2D eigenvalue weighted by molar-refractivity contribution is 8.06. The SMILES string of the molecule is O=PC1CC=CS1. The first-order chi connectivity index (χ1) is 3.43. The van der Waals surface area contributed by atoms with Gasteiger partial charge >= 0.3 is 0 Å². The van der Waals surface area contributed by atoms with Gasteiger partial charge in [0.05, 0.1) is 4.99 Å². The smallest absolute Gasteiger partial charge is 0.170 e. The monoisotopic (exact) mass is 132 g/mol. The van der Waals surface area contributed by atoms with E-state index in [-0.39, 0.29) is 8.46 Å². The average Bonchev–Trinajstić information content (AvgIpc) is 2.14. The van der Waals surface area contributed by atoms with E-state index >= 15 is 0 Å². The summed E-state index contributed by atoms with van der Waals surface area (Å²) in [7, 11) is 0.272. The zero-order valence-electron chi connectivity index (χ0n) is 3.70. The summed E-state index contributed by atoms with van der Waals surface area (Å²) in [6, 6.07) is 0. The van der Waals surface area contributed by atoms with Crippen LogP contribution in [0.25, 0.3) is 0 Å². The van der Waals surface area contributed by atoms with Gasteiger partial charge in [-0.1, -0.05) is 6.08 Å². The Morgan fingerprint density at radius 1 is 1.86 bits per heavy atom. The van der Waals surface area contributed by atoms with Gasteiger partial charge in [-0.05, 0) is 11.8 Å². The molecule has 1 unspecified atom stereocenters. The highest BCUT2D eigenvalue weighted by Gasteiger charge is 2.08. The minimum Gasteiger partial charge on any atom is -0.274 e. The highest BCUT2D eigenvalue weighted by atomic mass is 32.2. The van der Waals surface area contributed by atoms with E-state index < -0.39 is 0 Å². The van der Waals surface area contributed by atoms with Crippen molar-refractivity contribution in [2.45, 2.75) is 11.4 Å². The minimum absolute atomic E-state index is 0.272. The summed E-state index contributed by atoms with van der Waals surface area (Å²) in [6.07, 6.45) is 3.01. The van der Waals surface area contributed by atoms with Crippen LogP contribution in [0.5, 0.6) is 0 Å². The summed E-state index contributed by atoms with van der Waals surface area (Å²) >= 11 is 1.64. The molecular weight excluding hydrogens is 127 g/mol. The first-order valence-electron chi connectivity index (χ1n) is 2.06. The lowest BCUT2D eigenvalue weighted by Gasteiger charge is -1.88. The molecule has 7 heavy (non-hydrogen) atoms. The van der Waals surface area contributed by atoms with Crippen LogP contribution >= 0.6 is 20.2 Å². The second-order valence-corrected chi connectivity index (χ2v) is 3.60. The molecule has 0 fully saturated rings. The molecule has 1 nitrogen and oxygen atoms in total. The molecule has 0 amide bonds. The molecule has 0 N–H and O–H groups in total. The second kappa shape index (κ2) is 2.49. The fourth-order valence-corrected chi connectivity index (χ4v) is 1.68. The van der Waals surface area contributed by atoms with E-state index in [1.54, 1.807) is 11.8 Å². The molecule has 1 aliphatic rings. The molecule has 1 rings (SSSR count). The highest BCUT2D eigenvalue weighted by Crippen LogP contribution is 2.31. The second-order valence-electron chi connectivity index (χ2n) is 1.30. The van der Waals surface area contributed by atoms with Crippen molar-refractivity contribution in [2.75, 3.05) is 0 Å². The zero-order chi connectivity index (χ0) is 5.11. The molecule has 0 aromatic carbocycles. The zero-order valence-corrected chi connectivity index (χ0v) is 5.41. The average molecular weight is 132 g/mol. The third-order valence-corrected chi connectivity index (χ3v) is 2.71. The molecule has 1 heterocycles. The van der Waals surface area contributed by atoms with E-state index in [9.17, 15) is 4.57 Å². The molecule has 1 atom stereocenters. The van der Waals surface area contributed by atoms with Crippen LogP contribution in [-0.2, 0) is 4.57 Å². The van der Waals surface area contributed by atoms with E-state index in [0.29, 0.717) is 4.99 Å². The lowest BCUT2D eigenvalue weighted by Crippen LogP contribution is -1.78. The van der Waals surface area contributed by atoms with E-state index in [1.165, 1.54) is 0 Å². The van der Waals surface area contributed by atoms with Gasteiger partial charge in [0, 0.05) is 0 Å². The van der Waals surface area contributed by atoms with Crippen molar-refractivity contribution in [1.82, 2.24) is 0 Å². The van der Waals surface area contributed by atoms with Crippen LogP contribution in [0.2, 0.25) is 0 Å². The van der Waals surface area contributed by atoms with Gasteiger partial charge in [-0.15, -0.1) is 11.8 Å². The van der Waals surface area contributed by atoms with Crippen LogP contribution in [0, 0.1) is 0 Å². The first-order valence-corrected chi connectivity index (χ1v) is 3.89. The van der Waals surface area contributed by atoms with Gasteiger partial charge in [-0.3, -0.25) is 4.57 Å². The lowest BCUT2D eigenvalue weighted by atomic mass is 10.5. The van der Waals surface area contributed by atoms with Gasteiger partial charge in [-0.2, -0.15) is 0 Å². The Labute approximate surface area is 48.4 Å². The standard InChI is InChI=1S/C4H5OPS/c5-6-4-2-1-3-7-4/h1,3-4H,2H2. The molecular formula is C4H5OPS. The molecule has 0 aromatic rings. The molecule has 3 heteroatoms. The maximum atomic E-state index is 10.0. The normalized spacial score (nSPS) is 29.4. The number of hydrogen-bond donors (Lipinski definition) is 0.